The molecule has 0 aliphatic rings. The van der Waals surface area contributed by atoms with Crippen molar-refractivity contribution in [2.45, 2.75) is 6.61 Å². The zero-order valence-electron chi connectivity index (χ0n) is 18.6. The molecule has 0 saturated carbocycles. The summed E-state index contributed by atoms with van der Waals surface area (Å²) in [6.07, 6.45) is 2.96. The lowest BCUT2D eigenvalue weighted by Crippen LogP contribution is -2.35. The zero-order chi connectivity index (χ0) is 24.4. The van der Waals surface area contributed by atoms with Crippen LogP contribution in [0.1, 0.15) is 5.69 Å². The van der Waals surface area contributed by atoms with E-state index in [9.17, 15) is 9.59 Å². The quantitative estimate of drug-likeness (QED) is 0.374. The van der Waals surface area contributed by atoms with Gasteiger partial charge in [-0.25, -0.2) is 14.2 Å². The SMILES string of the molecule is COCc1nn2c(ncc3c(=O)n(NC(=O)COc4ccccc4)ccc32)c1-c1ccc(Cl)cc1. The summed E-state index contributed by atoms with van der Waals surface area (Å²) in [5, 5.41) is 5.57. The van der Waals surface area contributed by atoms with Crippen molar-refractivity contribution in [2.75, 3.05) is 19.1 Å². The van der Waals surface area contributed by atoms with Crippen LogP contribution in [0.2, 0.25) is 5.02 Å². The van der Waals surface area contributed by atoms with Gasteiger partial charge in [0.2, 0.25) is 0 Å². The first kappa shape index (κ1) is 22.6. The molecule has 0 spiro atoms. The molecule has 0 aliphatic carbocycles. The van der Waals surface area contributed by atoms with Crippen LogP contribution in [0.25, 0.3) is 27.7 Å². The van der Waals surface area contributed by atoms with Crippen molar-refractivity contribution in [3.8, 4) is 16.9 Å². The Balaban J connectivity index is 1.50. The molecule has 0 unspecified atom stereocenters. The number of fused-ring (bicyclic) bond motifs is 3. The highest BCUT2D eigenvalue weighted by molar-refractivity contribution is 6.30. The molecule has 5 aromatic rings. The van der Waals surface area contributed by atoms with E-state index in [1.54, 1.807) is 54.1 Å². The molecular weight excluding hydrogens is 470 g/mol. The van der Waals surface area contributed by atoms with Gasteiger partial charge in [-0.15, -0.1) is 0 Å². The third-order valence-electron chi connectivity index (χ3n) is 5.36. The van der Waals surface area contributed by atoms with E-state index in [1.807, 2.05) is 18.2 Å². The standard InChI is InChI=1S/C25H20ClN5O4/c1-34-14-20-23(16-7-9-17(26)10-8-16)24-27-13-19-21(31(24)28-20)11-12-30(25(19)33)29-22(32)15-35-18-5-3-2-4-6-18/h2-13H,14-15H2,1H3,(H,29,32). The Morgan fingerprint density at radius 2 is 1.86 bits per heavy atom. The number of hydrogen-bond donors (Lipinski definition) is 1. The van der Waals surface area contributed by atoms with Gasteiger partial charge < -0.3 is 9.47 Å². The number of nitrogens with zero attached hydrogens (tertiary/aromatic N) is 4. The molecule has 3 heterocycles. The first-order chi connectivity index (χ1) is 17.0. The number of nitrogens with one attached hydrogen (secondary N) is 1. The Labute approximate surface area is 204 Å². The van der Waals surface area contributed by atoms with Crippen molar-refractivity contribution in [2.24, 2.45) is 0 Å². The number of ether oxygens (including phenoxy) is 2. The van der Waals surface area contributed by atoms with Crippen molar-refractivity contribution in [3.05, 3.63) is 94.1 Å². The summed E-state index contributed by atoms with van der Waals surface area (Å²) in [6.45, 7) is 0.0209. The fourth-order valence-corrected chi connectivity index (χ4v) is 3.91. The Morgan fingerprint density at radius 1 is 1.09 bits per heavy atom. The van der Waals surface area contributed by atoms with Crippen LogP contribution < -0.4 is 15.7 Å². The van der Waals surface area contributed by atoms with Gasteiger partial charge in [0.15, 0.2) is 12.3 Å². The van der Waals surface area contributed by atoms with Gasteiger partial charge in [-0.05, 0) is 35.9 Å². The molecule has 0 bridgehead atoms. The molecule has 0 fully saturated rings. The fraction of sp³-hybridized carbons (Fsp3) is 0.120. The Kier molecular flexibility index (Phi) is 6.17. The normalized spacial score (nSPS) is 11.1. The van der Waals surface area contributed by atoms with E-state index < -0.39 is 11.5 Å². The molecule has 0 atom stereocenters. The minimum atomic E-state index is -0.476. The van der Waals surface area contributed by atoms with Crippen molar-refractivity contribution < 1.29 is 14.3 Å². The molecule has 9 nitrogen and oxygen atoms in total. The van der Waals surface area contributed by atoms with E-state index in [-0.39, 0.29) is 13.2 Å². The molecule has 5 rings (SSSR count). The van der Waals surface area contributed by atoms with Crippen LogP contribution in [-0.4, -0.2) is 38.9 Å². The summed E-state index contributed by atoms with van der Waals surface area (Å²) in [5.41, 5.74) is 5.56. The summed E-state index contributed by atoms with van der Waals surface area (Å²) in [6, 6.07) is 18.0. The molecular formula is C25H20ClN5O4. The van der Waals surface area contributed by atoms with Crippen LogP contribution in [0, 0.1) is 0 Å². The highest BCUT2D eigenvalue weighted by Gasteiger charge is 2.19. The second-order valence-electron chi connectivity index (χ2n) is 7.68. The summed E-state index contributed by atoms with van der Waals surface area (Å²) < 4.78 is 13.5. The topological polar surface area (TPSA) is 99.8 Å². The van der Waals surface area contributed by atoms with E-state index in [1.165, 1.54) is 12.4 Å². The second-order valence-corrected chi connectivity index (χ2v) is 8.12. The van der Waals surface area contributed by atoms with Crippen molar-refractivity contribution in [1.82, 2.24) is 19.3 Å². The maximum atomic E-state index is 13.1. The molecule has 0 radical (unpaired) electrons. The van der Waals surface area contributed by atoms with Gasteiger partial charge in [0, 0.05) is 24.5 Å². The van der Waals surface area contributed by atoms with E-state index in [4.69, 9.17) is 21.1 Å². The Bertz CT molecular complexity index is 1580. The van der Waals surface area contributed by atoms with Gasteiger partial charge in [0.25, 0.3) is 11.5 Å². The van der Waals surface area contributed by atoms with Crippen LogP contribution >= 0.6 is 11.6 Å². The molecule has 10 heteroatoms. The predicted octanol–water partition coefficient (Wildman–Crippen LogP) is 3.66. The highest BCUT2D eigenvalue weighted by atomic mass is 35.5. The maximum Gasteiger partial charge on any atom is 0.280 e. The number of pyridine rings is 1. The zero-order valence-corrected chi connectivity index (χ0v) is 19.4. The molecule has 176 valence electrons. The minimum Gasteiger partial charge on any atom is -0.484 e. The van der Waals surface area contributed by atoms with Gasteiger partial charge in [0.1, 0.15) is 5.75 Å². The molecule has 1 amide bonds. The third kappa shape index (κ3) is 4.46. The number of para-hydroxylation sites is 1. The van der Waals surface area contributed by atoms with Crippen LogP contribution in [-0.2, 0) is 16.1 Å². The van der Waals surface area contributed by atoms with Crippen LogP contribution in [0.3, 0.4) is 0 Å². The average molecular weight is 490 g/mol. The lowest BCUT2D eigenvalue weighted by Gasteiger charge is -2.10. The fourth-order valence-electron chi connectivity index (χ4n) is 3.78. The average Bonchev–Trinajstić information content (AvgIpc) is 3.24. The van der Waals surface area contributed by atoms with Gasteiger partial charge in [0.05, 0.1) is 28.8 Å². The van der Waals surface area contributed by atoms with E-state index >= 15 is 0 Å². The number of methoxy groups -OCH3 is 1. The van der Waals surface area contributed by atoms with E-state index in [0.717, 1.165) is 15.8 Å². The molecule has 1 N–H and O–H groups in total. The summed E-state index contributed by atoms with van der Waals surface area (Å²) >= 11 is 6.05. The number of benzene rings is 2. The first-order valence-corrected chi connectivity index (χ1v) is 11.1. The molecule has 35 heavy (non-hydrogen) atoms. The van der Waals surface area contributed by atoms with Crippen molar-refractivity contribution in [1.29, 1.82) is 0 Å². The molecule has 3 aromatic heterocycles. The number of carbonyl (C=O) groups excluding carboxylic acids is 1. The number of rotatable bonds is 7. The van der Waals surface area contributed by atoms with Gasteiger partial charge >= 0.3 is 0 Å². The second kappa shape index (κ2) is 9.57. The lowest BCUT2D eigenvalue weighted by molar-refractivity contribution is -0.119. The van der Waals surface area contributed by atoms with Crippen LogP contribution in [0.5, 0.6) is 5.75 Å². The molecule has 2 aromatic carbocycles. The number of hydrogen-bond acceptors (Lipinski definition) is 6. The van der Waals surface area contributed by atoms with E-state index in [0.29, 0.717) is 33.0 Å². The number of aromatic nitrogens is 4. The third-order valence-corrected chi connectivity index (χ3v) is 5.61. The number of carbonyl (C=O) groups is 1. The molecule has 0 aliphatic heterocycles. The smallest absolute Gasteiger partial charge is 0.280 e. The Morgan fingerprint density at radius 3 is 2.60 bits per heavy atom. The summed E-state index contributed by atoms with van der Waals surface area (Å²) in [4.78, 5) is 30.0. The lowest BCUT2D eigenvalue weighted by atomic mass is 10.1. The minimum absolute atomic E-state index is 0.240. The van der Waals surface area contributed by atoms with Crippen molar-refractivity contribution in [3.63, 3.8) is 0 Å². The number of amides is 1. The monoisotopic (exact) mass is 489 g/mol. The van der Waals surface area contributed by atoms with Crippen molar-refractivity contribution >= 4 is 34.1 Å². The highest BCUT2D eigenvalue weighted by Crippen LogP contribution is 2.30. The van der Waals surface area contributed by atoms with Gasteiger partial charge in [-0.1, -0.05) is 41.9 Å². The molecule has 0 saturated heterocycles. The largest absolute Gasteiger partial charge is 0.484 e. The summed E-state index contributed by atoms with van der Waals surface area (Å²) in [5.74, 6) is 0.0815. The van der Waals surface area contributed by atoms with Crippen LogP contribution in [0.15, 0.2) is 77.9 Å². The van der Waals surface area contributed by atoms with Gasteiger partial charge in [-0.2, -0.15) is 5.10 Å². The Hall–Kier alpha value is -4.21. The summed E-state index contributed by atoms with van der Waals surface area (Å²) in [7, 11) is 1.59. The van der Waals surface area contributed by atoms with E-state index in [2.05, 4.69) is 15.5 Å². The van der Waals surface area contributed by atoms with Gasteiger partial charge in [-0.3, -0.25) is 15.0 Å². The predicted molar refractivity (Wildman–Crippen MR) is 132 cm³/mol. The first-order valence-electron chi connectivity index (χ1n) is 10.7. The van der Waals surface area contributed by atoms with Crippen LogP contribution in [0.4, 0.5) is 0 Å². The number of halogens is 1. The maximum absolute atomic E-state index is 13.1.